The van der Waals surface area contributed by atoms with Gasteiger partial charge in [-0.25, -0.2) is 18.0 Å². The number of ether oxygens (including phenoxy) is 1. The molecule has 0 amide bonds. The van der Waals surface area contributed by atoms with Gasteiger partial charge in [0.1, 0.15) is 6.67 Å². The van der Waals surface area contributed by atoms with E-state index in [1.807, 2.05) is 0 Å². The Morgan fingerprint density at radius 1 is 1.35 bits per heavy atom. The molecule has 1 aliphatic heterocycles. The molecule has 1 aromatic carbocycles. The highest BCUT2D eigenvalue weighted by Gasteiger charge is 2.29. The first-order valence-corrected chi connectivity index (χ1v) is 7.28. The lowest BCUT2D eigenvalue weighted by Gasteiger charge is -2.27. The van der Waals surface area contributed by atoms with Crippen LogP contribution in [0.5, 0.6) is 0 Å². The zero-order valence-electron chi connectivity index (χ0n) is 12.3. The minimum Gasteiger partial charge on any atom is -0.462 e. The fourth-order valence-corrected chi connectivity index (χ4v) is 2.51. The number of hydrogen-bond donors (Lipinski definition) is 2. The first-order chi connectivity index (χ1) is 10.9. The predicted molar refractivity (Wildman–Crippen MR) is 82.4 cm³/mol. The molecule has 0 radical (unpaired) electrons. The van der Waals surface area contributed by atoms with Gasteiger partial charge in [0.2, 0.25) is 0 Å². The Morgan fingerprint density at radius 2 is 2.09 bits per heavy atom. The van der Waals surface area contributed by atoms with Crippen LogP contribution in [0, 0.1) is 11.6 Å². The SMILES string of the molecule is CC1=C(C(=O)OCCc2ccc(F)c(F)c2)C(CF)NC(=S)N1. The van der Waals surface area contributed by atoms with E-state index in [2.05, 4.69) is 10.6 Å². The zero-order valence-corrected chi connectivity index (χ0v) is 13.1. The highest BCUT2D eigenvalue weighted by atomic mass is 32.1. The number of esters is 1. The molecule has 1 atom stereocenters. The van der Waals surface area contributed by atoms with Crippen molar-refractivity contribution in [3.05, 3.63) is 46.7 Å². The van der Waals surface area contributed by atoms with Gasteiger partial charge in [0.15, 0.2) is 16.7 Å². The Balaban J connectivity index is 1.97. The van der Waals surface area contributed by atoms with Crippen LogP contribution in [-0.4, -0.2) is 30.4 Å². The first-order valence-electron chi connectivity index (χ1n) is 6.87. The van der Waals surface area contributed by atoms with Crippen LogP contribution in [0.3, 0.4) is 0 Å². The number of carbonyl (C=O) groups is 1. The zero-order chi connectivity index (χ0) is 17.0. The lowest BCUT2D eigenvalue weighted by Crippen LogP contribution is -2.50. The molecule has 23 heavy (non-hydrogen) atoms. The van der Waals surface area contributed by atoms with Crippen molar-refractivity contribution < 1.29 is 22.7 Å². The summed E-state index contributed by atoms with van der Waals surface area (Å²) >= 11 is 4.90. The van der Waals surface area contributed by atoms with Crippen molar-refractivity contribution in [1.29, 1.82) is 0 Å². The van der Waals surface area contributed by atoms with E-state index in [0.29, 0.717) is 11.3 Å². The molecule has 2 rings (SSSR count). The summed E-state index contributed by atoms with van der Waals surface area (Å²) in [5.74, 6) is -2.58. The largest absolute Gasteiger partial charge is 0.462 e. The molecular formula is C15H15F3N2O2S. The van der Waals surface area contributed by atoms with Crippen LogP contribution >= 0.6 is 12.2 Å². The fraction of sp³-hybridized carbons (Fsp3) is 0.333. The van der Waals surface area contributed by atoms with Crippen molar-refractivity contribution in [3.8, 4) is 0 Å². The number of thiocarbonyl (C=S) groups is 1. The molecular weight excluding hydrogens is 329 g/mol. The number of alkyl halides is 1. The Bertz CT molecular complexity index is 664. The topological polar surface area (TPSA) is 50.4 Å². The molecule has 124 valence electrons. The molecule has 0 bridgehead atoms. The van der Waals surface area contributed by atoms with E-state index in [1.54, 1.807) is 6.92 Å². The molecule has 1 heterocycles. The Kier molecular flexibility index (Phi) is 5.59. The smallest absolute Gasteiger partial charge is 0.337 e. The summed E-state index contributed by atoms with van der Waals surface area (Å²) in [6, 6.07) is 2.59. The van der Waals surface area contributed by atoms with Crippen molar-refractivity contribution in [2.24, 2.45) is 0 Å². The number of allylic oxidation sites excluding steroid dienone is 1. The van der Waals surface area contributed by atoms with Crippen molar-refractivity contribution in [2.75, 3.05) is 13.3 Å². The number of hydrogen-bond acceptors (Lipinski definition) is 3. The number of nitrogens with one attached hydrogen (secondary N) is 2. The molecule has 0 aromatic heterocycles. The monoisotopic (exact) mass is 344 g/mol. The van der Waals surface area contributed by atoms with Crippen LogP contribution in [0.4, 0.5) is 13.2 Å². The Hall–Kier alpha value is -2.09. The highest BCUT2D eigenvalue weighted by molar-refractivity contribution is 7.80. The molecule has 0 saturated carbocycles. The first kappa shape index (κ1) is 17.3. The molecule has 1 aliphatic rings. The van der Waals surface area contributed by atoms with Crippen LogP contribution in [0.25, 0.3) is 0 Å². The second-order valence-electron chi connectivity index (χ2n) is 4.98. The number of benzene rings is 1. The maximum Gasteiger partial charge on any atom is 0.337 e. The van der Waals surface area contributed by atoms with Gasteiger partial charge in [-0.05, 0) is 36.8 Å². The van der Waals surface area contributed by atoms with Crippen molar-refractivity contribution in [2.45, 2.75) is 19.4 Å². The molecule has 0 saturated heterocycles. The molecule has 1 unspecified atom stereocenters. The van der Waals surface area contributed by atoms with E-state index in [1.165, 1.54) is 6.07 Å². The summed E-state index contributed by atoms with van der Waals surface area (Å²) in [5.41, 5.74) is 1.05. The van der Waals surface area contributed by atoms with E-state index >= 15 is 0 Å². The number of rotatable bonds is 5. The van der Waals surface area contributed by atoms with Crippen molar-refractivity contribution in [3.63, 3.8) is 0 Å². The van der Waals surface area contributed by atoms with Gasteiger partial charge in [-0.1, -0.05) is 6.07 Å². The normalized spacial score (nSPS) is 17.6. The molecule has 1 aromatic rings. The minimum atomic E-state index is -0.959. The lowest BCUT2D eigenvalue weighted by molar-refractivity contribution is -0.139. The number of halogens is 3. The third-order valence-electron chi connectivity index (χ3n) is 3.34. The highest BCUT2D eigenvalue weighted by Crippen LogP contribution is 2.15. The molecule has 0 aliphatic carbocycles. The van der Waals surface area contributed by atoms with Gasteiger partial charge in [-0.15, -0.1) is 0 Å². The third-order valence-corrected chi connectivity index (χ3v) is 3.56. The molecule has 8 heteroatoms. The summed E-state index contributed by atoms with van der Waals surface area (Å²) < 4.78 is 44.0. The summed E-state index contributed by atoms with van der Waals surface area (Å²) in [5, 5.41) is 5.62. The van der Waals surface area contributed by atoms with Crippen molar-refractivity contribution in [1.82, 2.24) is 10.6 Å². The van der Waals surface area contributed by atoms with Gasteiger partial charge < -0.3 is 15.4 Å². The average molecular weight is 344 g/mol. The molecule has 4 nitrogen and oxygen atoms in total. The van der Waals surface area contributed by atoms with E-state index < -0.39 is 30.3 Å². The lowest BCUT2D eigenvalue weighted by atomic mass is 10.0. The van der Waals surface area contributed by atoms with Gasteiger partial charge in [-0.3, -0.25) is 0 Å². The van der Waals surface area contributed by atoms with E-state index in [-0.39, 0.29) is 23.7 Å². The Labute approximate surface area is 136 Å². The maximum atomic E-state index is 13.1. The van der Waals surface area contributed by atoms with Gasteiger partial charge in [0.05, 0.1) is 18.2 Å². The molecule has 0 spiro atoms. The van der Waals surface area contributed by atoms with Crippen LogP contribution in [-0.2, 0) is 16.0 Å². The van der Waals surface area contributed by atoms with E-state index in [4.69, 9.17) is 17.0 Å². The quantitative estimate of drug-likeness (QED) is 0.633. The van der Waals surface area contributed by atoms with E-state index in [9.17, 15) is 18.0 Å². The standard InChI is InChI=1S/C15H15F3N2O2S/c1-8-13(12(7-16)20-15(23)19-8)14(21)22-5-4-9-2-3-10(17)11(18)6-9/h2-3,6,12H,4-5,7H2,1H3,(H2,19,20,23). The summed E-state index contributed by atoms with van der Waals surface area (Å²) in [6.07, 6.45) is 0.217. The van der Waals surface area contributed by atoms with Crippen LogP contribution in [0.15, 0.2) is 29.5 Å². The number of carbonyl (C=O) groups excluding carboxylic acids is 1. The summed E-state index contributed by atoms with van der Waals surface area (Å²) in [4.78, 5) is 12.1. The van der Waals surface area contributed by atoms with Crippen LogP contribution in [0.1, 0.15) is 12.5 Å². The van der Waals surface area contributed by atoms with Gasteiger partial charge in [0, 0.05) is 12.1 Å². The third kappa shape index (κ3) is 4.22. The minimum absolute atomic E-state index is 0.0376. The predicted octanol–water partition coefficient (Wildman–Crippen LogP) is 2.14. The maximum absolute atomic E-state index is 13.1. The average Bonchev–Trinajstić information content (AvgIpc) is 2.49. The second kappa shape index (κ2) is 7.45. The summed E-state index contributed by atoms with van der Waals surface area (Å²) in [6.45, 7) is 0.749. The van der Waals surface area contributed by atoms with Gasteiger partial charge >= 0.3 is 5.97 Å². The van der Waals surface area contributed by atoms with Crippen LogP contribution < -0.4 is 10.6 Å². The molecule has 0 fully saturated rings. The summed E-state index contributed by atoms with van der Waals surface area (Å²) in [7, 11) is 0. The van der Waals surface area contributed by atoms with E-state index in [0.717, 1.165) is 12.1 Å². The Morgan fingerprint density at radius 3 is 2.74 bits per heavy atom. The molecule has 2 N–H and O–H groups in total. The fourth-order valence-electron chi connectivity index (χ4n) is 2.21. The van der Waals surface area contributed by atoms with Crippen LogP contribution in [0.2, 0.25) is 0 Å². The second-order valence-corrected chi connectivity index (χ2v) is 5.39. The van der Waals surface area contributed by atoms with Gasteiger partial charge in [0.25, 0.3) is 0 Å². The van der Waals surface area contributed by atoms with Crippen molar-refractivity contribution >= 4 is 23.3 Å². The van der Waals surface area contributed by atoms with Gasteiger partial charge in [-0.2, -0.15) is 0 Å².